The molecule has 0 spiro atoms. The molecule has 1 aromatic heterocycles. The molecule has 18 heavy (non-hydrogen) atoms. The van der Waals surface area contributed by atoms with E-state index in [0.29, 0.717) is 0 Å². The van der Waals surface area contributed by atoms with Gasteiger partial charge in [0.05, 0.1) is 44.1 Å². The van der Waals surface area contributed by atoms with Gasteiger partial charge in [-0.05, 0) is 6.07 Å². The molecule has 2 N–H and O–H groups in total. The second-order valence-electron chi connectivity index (χ2n) is 3.67. The van der Waals surface area contributed by atoms with E-state index in [4.69, 9.17) is 28.9 Å². The Morgan fingerprint density at radius 1 is 1.44 bits per heavy atom. The van der Waals surface area contributed by atoms with Crippen molar-refractivity contribution in [3.63, 3.8) is 0 Å². The van der Waals surface area contributed by atoms with Gasteiger partial charge in [-0.25, -0.2) is 0 Å². The number of halogens is 2. The Morgan fingerprint density at radius 3 is 2.06 bits per heavy atom. The third kappa shape index (κ3) is 5.57. The second kappa shape index (κ2) is 7.45. The zero-order valence-electron chi connectivity index (χ0n) is 10.5. The molecule has 0 aliphatic rings. The van der Waals surface area contributed by atoms with Crippen molar-refractivity contribution in [3.05, 3.63) is 20.3 Å². The molecule has 0 aliphatic heterocycles. The Hall–Kier alpha value is -0.980. The van der Waals surface area contributed by atoms with Crippen LogP contribution in [0.2, 0.25) is 9.36 Å². The van der Waals surface area contributed by atoms with Gasteiger partial charge in [-0.15, -0.1) is 11.3 Å². The van der Waals surface area contributed by atoms with Crippen LogP contribution in [0.3, 0.4) is 0 Å². The van der Waals surface area contributed by atoms with Gasteiger partial charge in [-0.1, -0.05) is 23.2 Å². The molecule has 0 amide bonds. The summed E-state index contributed by atoms with van der Waals surface area (Å²) < 4.78 is 2.14. The monoisotopic (exact) mass is 311 g/mol. The Labute approximate surface area is 120 Å². The van der Waals surface area contributed by atoms with Crippen LogP contribution in [0.1, 0.15) is 9.67 Å². The molecule has 0 unspecified atom stereocenters. The summed E-state index contributed by atoms with van der Waals surface area (Å²) in [4.78, 5) is 12.1. The van der Waals surface area contributed by atoms with Crippen molar-refractivity contribution in [2.45, 2.75) is 0 Å². The maximum atomic E-state index is 10.1. The zero-order valence-corrected chi connectivity index (χ0v) is 12.9. The summed E-state index contributed by atoms with van der Waals surface area (Å²) in [6.07, 6.45) is 0. The van der Waals surface area contributed by atoms with Gasteiger partial charge in [0.15, 0.2) is 0 Å². The minimum absolute atomic E-state index is 0.0509. The molecule has 0 radical (unpaired) electrons. The van der Waals surface area contributed by atoms with Gasteiger partial charge in [0, 0.05) is 0 Å². The van der Waals surface area contributed by atoms with Crippen LogP contribution in [0, 0.1) is 0 Å². The van der Waals surface area contributed by atoms with Crippen LogP contribution in [-0.2, 0) is 0 Å². The highest BCUT2D eigenvalue weighted by Crippen LogP contribution is 2.30. The lowest BCUT2D eigenvalue weighted by molar-refractivity contribution is -0.470. The number of carboxylic acid groups (broad SMARTS) is 1. The predicted octanol–water partition coefficient (Wildman–Crippen LogP) is 0.553. The van der Waals surface area contributed by atoms with Crippen molar-refractivity contribution in [3.8, 4) is 0 Å². The lowest BCUT2D eigenvalue weighted by Gasteiger charge is -2.04. The van der Waals surface area contributed by atoms with Crippen LogP contribution in [0.5, 0.6) is 0 Å². The third-order valence-electron chi connectivity index (χ3n) is 1.76. The first-order valence-electron chi connectivity index (χ1n) is 4.80. The quantitative estimate of drug-likeness (QED) is 0.467. The number of guanidine groups is 1. The van der Waals surface area contributed by atoms with E-state index in [1.165, 1.54) is 6.07 Å². The Balaban J connectivity index is 0.000000331. The highest BCUT2D eigenvalue weighted by atomic mass is 35.5. The Bertz CT molecular complexity index is 434. The van der Waals surface area contributed by atoms with Crippen molar-refractivity contribution in [1.82, 2.24) is 4.90 Å². The average Bonchev–Trinajstić information content (AvgIpc) is 2.59. The van der Waals surface area contributed by atoms with E-state index in [1.54, 1.807) is 0 Å². The smallest absolute Gasteiger partial charge is 0.344 e. The molecule has 0 atom stereocenters. The minimum atomic E-state index is -1.25. The van der Waals surface area contributed by atoms with Gasteiger partial charge in [0.1, 0.15) is 4.34 Å². The molecule has 0 saturated heterocycles. The molecule has 0 aliphatic carbocycles. The number of nitrogens with two attached hydrogens (primary N) is 1. The van der Waals surface area contributed by atoms with Gasteiger partial charge in [0.25, 0.3) is 0 Å². The summed E-state index contributed by atoms with van der Waals surface area (Å²) in [5.41, 5.74) is 5.53. The fraction of sp³-hybridized carbons (Fsp3) is 0.400. The van der Waals surface area contributed by atoms with Crippen LogP contribution < -0.4 is 10.8 Å². The molecule has 1 heterocycles. The van der Waals surface area contributed by atoms with Gasteiger partial charge >= 0.3 is 5.96 Å². The van der Waals surface area contributed by atoms with Gasteiger partial charge in [-0.3, -0.25) is 15.2 Å². The lowest BCUT2D eigenvalue weighted by Crippen LogP contribution is -2.36. The number of nitrogens with zero attached hydrogens (tertiary/aromatic N) is 2. The number of carbonyl (C=O) groups excluding carboxylic acids is 1. The van der Waals surface area contributed by atoms with Crippen molar-refractivity contribution in [2.75, 3.05) is 28.2 Å². The van der Waals surface area contributed by atoms with Gasteiger partial charge in [-0.2, -0.15) is 0 Å². The number of carboxylic acids is 1. The van der Waals surface area contributed by atoms with Gasteiger partial charge in [0.2, 0.25) is 0 Å². The highest BCUT2D eigenvalue weighted by molar-refractivity contribution is 7.18. The third-order valence-corrected chi connectivity index (χ3v) is 3.61. The van der Waals surface area contributed by atoms with E-state index in [1.807, 2.05) is 37.7 Å². The predicted molar refractivity (Wildman–Crippen MR) is 73.7 cm³/mol. The van der Waals surface area contributed by atoms with E-state index < -0.39 is 5.97 Å². The van der Waals surface area contributed by atoms with Crippen LogP contribution in [0.25, 0.3) is 0 Å². The molecular weight excluding hydrogens is 297 g/mol. The number of carbonyl (C=O) groups is 1. The maximum absolute atomic E-state index is 10.1. The number of hydrogen-bond donors (Lipinski definition) is 1. The first kappa shape index (κ1) is 17.0. The first-order valence-corrected chi connectivity index (χ1v) is 6.37. The van der Waals surface area contributed by atoms with Crippen molar-refractivity contribution >= 4 is 46.5 Å². The largest absolute Gasteiger partial charge is 0.544 e. The summed E-state index contributed by atoms with van der Waals surface area (Å²) >= 11 is 11.8. The Kier molecular flexibility index (Phi) is 7.05. The van der Waals surface area contributed by atoms with E-state index in [9.17, 15) is 9.90 Å². The average molecular weight is 312 g/mol. The van der Waals surface area contributed by atoms with Crippen LogP contribution in [0.4, 0.5) is 0 Å². The summed E-state index contributed by atoms with van der Waals surface area (Å²) in [7, 11) is 7.65. The van der Waals surface area contributed by atoms with Crippen LogP contribution >= 0.6 is 34.5 Å². The maximum Gasteiger partial charge on any atom is 0.344 e. The first-order chi connectivity index (χ1) is 8.16. The highest BCUT2D eigenvalue weighted by Gasteiger charge is 2.04. The number of hydrogen-bond acceptors (Lipinski definition) is 3. The number of rotatable bonds is 1. The lowest BCUT2D eigenvalue weighted by atomic mass is 10.5. The zero-order chi connectivity index (χ0) is 14.5. The summed E-state index contributed by atoms with van der Waals surface area (Å²) in [5.74, 6) is -0.483. The fourth-order valence-electron chi connectivity index (χ4n) is 0.847. The molecule has 8 heteroatoms. The molecule has 1 rings (SSSR count). The van der Waals surface area contributed by atoms with E-state index >= 15 is 0 Å². The fourth-order valence-corrected chi connectivity index (χ4v) is 2.05. The molecule has 1 aromatic rings. The SMILES string of the molecule is CN(C)C(N)=[N+](C)C.O=C([O-])c1cc(Cl)c(Cl)s1. The molecule has 5 nitrogen and oxygen atoms in total. The molecular formula is C10H15Cl2N3O2S. The van der Waals surface area contributed by atoms with E-state index in [0.717, 1.165) is 17.3 Å². The topological polar surface area (TPSA) is 72.4 Å². The molecule has 0 bridgehead atoms. The van der Waals surface area contributed by atoms with Crippen molar-refractivity contribution < 1.29 is 14.5 Å². The normalized spacial score (nSPS) is 9.22. The van der Waals surface area contributed by atoms with Crippen LogP contribution in [-0.4, -0.2) is 49.6 Å². The van der Waals surface area contributed by atoms with Crippen LogP contribution in [0.15, 0.2) is 6.07 Å². The summed E-state index contributed by atoms with van der Waals surface area (Å²) in [6.45, 7) is 0. The summed E-state index contributed by atoms with van der Waals surface area (Å²) in [6, 6.07) is 1.27. The van der Waals surface area contributed by atoms with E-state index in [-0.39, 0.29) is 14.2 Å². The molecule has 102 valence electrons. The summed E-state index contributed by atoms with van der Waals surface area (Å²) in [5, 5.41) is 10.4. The number of aromatic carboxylic acids is 1. The van der Waals surface area contributed by atoms with Crippen molar-refractivity contribution in [2.24, 2.45) is 5.73 Å². The molecule has 0 saturated carbocycles. The minimum Gasteiger partial charge on any atom is -0.544 e. The number of thiophene rings is 1. The van der Waals surface area contributed by atoms with Crippen molar-refractivity contribution in [1.29, 1.82) is 0 Å². The molecule has 0 fully saturated rings. The van der Waals surface area contributed by atoms with Gasteiger partial charge < -0.3 is 9.90 Å². The second-order valence-corrected chi connectivity index (χ2v) is 5.73. The molecule has 0 aromatic carbocycles. The van der Waals surface area contributed by atoms with E-state index in [2.05, 4.69) is 0 Å². The standard InChI is InChI=1S/C5H2Cl2O2S.C5H13N3/c6-2-1-3(5(8)9)10-4(2)7;1-7(2)5(6)8(3)4/h1H,(H,8,9);6H,1-4H3. The Morgan fingerprint density at radius 2 is 1.94 bits per heavy atom.